The van der Waals surface area contributed by atoms with Crippen LogP contribution < -0.4 is 21.3 Å². The van der Waals surface area contributed by atoms with Crippen molar-refractivity contribution in [2.24, 2.45) is 5.92 Å². The number of piperidine rings is 1. The predicted molar refractivity (Wildman–Crippen MR) is 502 cm³/mol. The summed E-state index contributed by atoms with van der Waals surface area (Å²) in [4.78, 5) is 65.8. The largest absolute Gasteiger partial charge is 0.416 e. The van der Waals surface area contributed by atoms with Crippen LogP contribution in [-0.2, 0) is 126 Å². The molecular weight excluding hydrogens is 2030 g/mol. The number of methoxy groups -OCH3 is 1. The molecule has 0 atom stereocenters. The third kappa shape index (κ3) is 29.7. The van der Waals surface area contributed by atoms with Gasteiger partial charge in [-0.15, -0.1) is 0 Å². The van der Waals surface area contributed by atoms with Crippen molar-refractivity contribution in [1.82, 2.24) is 26.2 Å². The van der Waals surface area contributed by atoms with E-state index >= 15 is 0 Å². The lowest BCUT2D eigenvalue weighted by molar-refractivity contribution is -0.138. The van der Waals surface area contributed by atoms with E-state index < -0.39 is 176 Å². The summed E-state index contributed by atoms with van der Waals surface area (Å²) >= 11 is 0. The third-order valence-electron chi connectivity index (χ3n) is 24.7. The average Bonchev–Trinajstić information content (AvgIpc) is 0.725. The van der Waals surface area contributed by atoms with E-state index in [-0.39, 0.29) is 94.9 Å². The van der Waals surface area contributed by atoms with Crippen LogP contribution in [0.15, 0.2) is 328 Å². The van der Waals surface area contributed by atoms with Crippen LogP contribution >= 0.6 is 0 Å². The summed E-state index contributed by atoms with van der Waals surface area (Å²) in [5.41, 5.74) is -15.4. The molecule has 0 radical (unpaired) electrons. The zero-order valence-electron chi connectivity index (χ0n) is 79.2. The van der Waals surface area contributed by atoms with E-state index in [1.54, 1.807) is 126 Å². The van der Waals surface area contributed by atoms with E-state index in [4.69, 9.17) is 9.47 Å². The monoisotopic (exact) mass is 2120 g/mol. The Labute approximate surface area is 842 Å². The first-order valence-electron chi connectivity index (χ1n) is 45.6. The fourth-order valence-electron chi connectivity index (χ4n) is 17.2. The molecule has 0 aliphatic carbocycles. The molecular formula is C111H92F27N5O7. The quantitative estimate of drug-likeness (QED) is 0.0281. The molecule has 1 heterocycles. The zero-order chi connectivity index (χ0) is 110. The van der Waals surface area contributed by atoms with E-state index in [9.17, 15) is 143 Å². The minimum atomic E-state index is -4.82. The van der Waals surface area contributed by atoms with E-state index in [2.05, 4.69) is 21.3 Å². The lowest BCUT2D eigenvalue weighted by Crippen LogP contribution is -2.52. The highest BCUT2D eigenvalue weighted by Gasteiger charge is 2.49. The van der Waals surface area contributed by atoms with E-state index in [1.807, 2.05) is 0 Å². The molecule has 39 heteroatoms. The SMILES string of the molecule is CC(=O)N1CCC(C(=O)NC(Cc2ccccc2)(c2cccc(C(F)(F)F)c2)c2cccc(C(F)(F)F)c2)CC1.COCCOCC(=O)NC(Cc1ccccc1)(c1cccc(C(F)(F)F)c1)c1cccc(C(F)(F)F)c1.Cc1ccc(C(=O)NC(Cc2ccccc2)(c2cccc(C(F)(F)F)c2)c2cccc(C(F)(F)F)c2)c(F)c1F.O=C(CF)NC(Cc1ccccc1)(c1cccc(C(F)(F)F)c1)c1cccc(C(F)(F)F)c1. The average molecular weight is 2120 g/mol. The number of halogens is 27. The first-order chi connectivity index (χ1) is 70.4. The minimum absolute atomic E-state index is 0.0000227. The molecule has 14 rings (SSSR count). The molecule has 4 N–H and O–H groups in total. The highest BCUT2D eigenvalue weighted by molar-refractivity contribution is 5.95. The maximum Gasteiger partial charge on any atom is 0.416 e. The summed E-state index contributed by atoms with van der Waals surface area (Å²) in [5, 5.41) is 10.5. The van der Waals surface area contributed by atoms with Crippen molar-refractivity contribution >= 4 is 29.5 Å². The van der Waals surface area contributed by atoms with Gasteiger partial charge in [0, 0.05) is 58.7 Å². The normalized spacial score (nSPS) is 13.1. The summed E-state index contributed by atoms with van der Waals surface area (Å²) < 4.78 is 380. The molecule has 5 amide bonds. The van der Waals surface area contributed by atoms with Gasteiger partial charge < -0.3 is 35.6 Å². The van der Waals surface area contributed by atoms with Crippen molar-refractivity contribution < 1.29 is 152 Å². The van der Waals surface area contributed by atoms with Crippen LogP contribution in [0.4, 0.5) is 119 Å². The molecule has 1 fully saturated rings. The van der Waals surface area contributed by atoms with Crippen LogP contribution in [0.2, 0.25) is 0 Å². The Kier molecular flexibility index (Phi) is 37.2. The Morgan fingerprint density at radius 3 is 0.780 bits per heavy atom. The van der Waals surface area contributed by atoms with Crippen molar-refractivity contribution in [3.05, 3.63) is 462 Å². The molecule has 0 spiro atoms. The van der Waals surface area contributed by atoms with Crippen molar-refractivity contribution in [3.63, 3.8) is 0 Å². The number of hydrogen-bond acceptors (Lipinski definition) is 7. The number of alkyl halides is 25. The number of ether oxygens (including phenoxy) is 2. The van der Waals surface area contributed by atoms with Gasteiger partial charge in [-0.3, -0.25) is 24.0 Å². The maximum absolute atomic E-state index is 14.8. The number of aryl methyl sites for hydroxylation is 1. The molecule has 1 saturated heterocycles. The number of likely N-dealkylation sites (tertiary alicyclic amines) is 1. The standard InChI is InChI=1S/C30H21F8NO.C30H28F6N2O2.C27H25F6NO3.C24H18F7NO/c1-18-13-14-24(26(32)25(18)31)27(40)39-28(17-19-7-3-2-4-8-19,20-9-5-11-22(15-20)29(33,34)35)21-10-6-12-23(16-21)30(36,37)38;1-20(39)38-15-13-22(14-16-38)27(40)37-28(19-21-7-3-2-4-8-21,23-9-5-11-25(17-23)29(31,32)33)24-10-6-12-26(18-24)30(34,35)36;1-36-13-14-37-18-24(35)34-25(17-19-7-3-2-4-8-19,20-9-5-11-22(15-20)26(28,29)30)21-10-6-12-23(16-21)27(31,32)33;25-15-21(33)32-22(14-16-6-2-1-3-7-16,17-8-4-10-19(12-17)23(26,27)28)18-9-5-11-20(13-18)24(29,30)31/h2-16H,17H2,1H3,(H,39,40);2-12,17-18,22H,13-16,19H2,1H3,(H,37,40);2-12,15-16H,13-14,17-18H2,1H3,(H,34,35);1-13H,14-15H2,(H,32,33). The second-order valence-electron chi connectivity index (χ2n) is 35.0. The van der Waals surface area contributed by atoms with Crippen LogP contribution in [0, 0.1) is 24.5 Å². The molecule has 13 aromatic rings. The van der Waals surface area contributed by atoms with Crippen molar-refractivity contribution in [3.8, 4) is 0 Å². The Morgan fingerprint density at radius 1 is 0.300 bits per heavy atom. The van der Waals surface area contributed by atoms with Gasteiger partial charge in [-0.1, -0.05) is 224 Å². The van der Waals surface area contributed by atoms with Gasteiger partial charge in [0.25, 0.3) is 11.8 Å². The van der Waals surface area contributed by atoms with Crippen LogP contribution in [0.3, 0.4) is 0 Å². The predicted octanol–water partition coefficient (Wildman–Crippen LogP) is 27.1. The van der Waals surface area contributed by atoms with Gasteiger partial charge in [-0.25, -0.2) is 13.2 Å². The van der Waals surface area contributed by atoms with Crippen molar-refractivity contribution in [2.75, 3.05) is 46.7 Å². The molecule has 0 bridgehead atoms. The highest BCUT2D eigenvalue weighted by Crippen LogP contribution is 2.48. The number of nitrogens with one attached hydrogen (secondary N) is 4. The molecule has 0 aromatic heterocycles. The first-order valence-corrected chi connectivity index (χ1v) is 45.6. The lowest BCUT2D eigenvalue weighted by atomic mass is 9.76. The molecule has 0 unspecified atom stereocenters. The Hall–Kier alpha value is -14.8. The summed E-state index contributed by atoms with van der Waals surface area (Å²) in [7, 11) is 1.44. The Morgan fingerprint density at radius 2 is 0.540 bits per heavy atom. The maximum atomic E-state index is 14.8. The molecule has 1 aliphatic heterocycles. The van der Waals surface area contributed by atoms with Gasteiger partial charge in [-0.2, -0.15) is 105 Å². The number of amides is 5. The molecule has 0 saturated carbocycles. The van der Waals surface area contributed by atoms with Crippen LogP contribution in [0.1, 0.15) is 147 Å². The Bertz CT molecular complexity index is 6540. The summed E-state index contributed by atoms with van der Waals surface area (Å²) in [6.07, 6.45) is -38.1. The van der Waals surface area contributed by atoms with E-state index in [0.717, 1.165) is 146 Å². The van der Waals surface area contributed by atoms with Crippen LogP contribution in [0.5, 0.6) is 0 Å². The number of benzene rings is 13. The molecule has 792 valence electrons. The lowest BCUT2D eigenvalue weighted by Gasteiger charge is -2.39. The van der Waals surface area contributed by atoms with Gasteiger partial charge in [0.2, 0.25) is 17.7 Å². The van der Waals surface area contributed by atoms with Gasteiger partial charge in [0.05, 0.1) is 85.4 Å². The second-order valence-corrected chi connectivity index (χ2v) is 35.0. The van der Waals surface area contributed by atoms with E-state index in [0.29, 0.717) is 48.2 Å². The molecule has 13 aromatic carbocycles. The van der Waals surface area contributed by atoms with Crippen molar-refractivity contribution in [1.29, 1.82) is 0 Å². The van der Waals surface area contributed by atoms with Gasteiger partial charge >= 0.3 is 49.4 Å². The Balaban J connectivity index is 0.000000190. The van der Waals surface area contributed by atoms with Gasteiger partial charge in [-0.05, 0) is 195 Å². The third-order valence-corrected chi connectivity index (χ3v) is 24.7. The highest BCUT2D eigenvalue weighted by atomic mass is 19.4. The minimum Gasteiger partial charge on any atom is -0.382 e. The smallest absolute Gasteiger partial charge is 0.382 e. The fraction of sp³-hybridized carbons (Fsp3) is 0.252. The van der Waals surface area contributed by atoms with Crippen molar-refractivity contribution in [2.45, 2.75) is 124 Å². The van der Waals surface area contributed by atoms with Crippen LogP contribution in [0.25, 0.3) is 0 Å². The molecule has 1 aliphatic rings. The fourth-order valence-corrected chi connectivity index (χ4v) is 17.2. The zero-order valence-corrected chi connectivity index (χ0v) is 79.2. The van der Waals surface area contributed by atoms with E-state index in [1.165, 1.54) is 81.6 Å². The van der Waals surface area contributed by atoms with Gasteiger partial charge in [0.15, 0.2) is 18.3 Å². The molecule has 150 heavy (non-hydrogen) atoms. The summed E-state index contributed by atoms with van der Waals surface area (Å²) in [5.74, 6) is -7.16. The van der Waals surface area contributed by atoms with Crippen LogP contribution in [-0.4, -0.2) is 81.1 Å². The number of nitrogens with zero attached hydrogens (tertiary/aromatic N) is 1. The first kappa shape index (κ1) is 116. The van der Waals surface area contributed by atoms with Gasteiger partial charge in [0.1, 0.15) is 6.61 Å². The topological polar surface area (TPSA) is 155 Å². The number of rotatable bonds is 28. The summed E-state index contributed by atoms with van der Waals surface area (Å²) in [6, 6.07) is 67.8. The number of hydrogen-bond donors (Lipinski definition) is 4. The summed E-state index contributed by atoms with van der Waals surface area (Å²) in [6.45, 7) is 1.63. The number of carbonyl (C=O) groups is 5. The second kappa shape index (κ2) is 48.3. The molecule has 12 nitrogen and oxygen atoms in total. The number of carbonyl (C=O) groups excluding carboxylic acids is 5.